The molecule has 2 N–H and O–H groups in total. The van der Waals surface area contributed by atoms with Crippen LogP contribution in [-0.2, 0) is 14.3 Å². The second-order valence-corrected chi connectivity index (χ2v) is 7.52. The first kappa shape index (κ1) is 21.9. The number of nitrogens with one attached hydrogen (secondary N) is 2. The second-order valence-electron chi connectivity index (χ2n) is 7.52. The van der Waals surface area contributed by atoms with Crippen LogP contribution in [0.1, 0.15) is 11.6 Å². The number of morpholine rings is 1. The largest absolute Gasteiger partial charge is 0.379 e. The van der Waals surface area contributed by atoms with Crippen molar-refractivity contribution in [1.82, 2.24) is 10.2 Å². The number of amides is 2. The van der Waals surface area contributed by atoms with E-state index in [1.165, 1.54) is 0 Å². The highest BCUT2D eigenvalue weighted by Gasteiger charge is 2.26. The van der Waals surface area contributed by atoms with Crippen LogP contribution in [0.15, 0.2) is 60.7 Å². The van der Waals surface area contributed by atoms with Crippen LogP contribution in [0.5, 0.6) is 0 Å². The fourth-order valence-electron chi connectivity index (χ4n) is 3.91. The summed E-state index contributed by atoms with van der Waals surface area (Å²) in [6.07, 6.45) is 0. The molecule has 0 aromatic heterocycles. The van der Waals surface area contributed by atoms with Crippen LogP contribution in [0, 0.1) is 11.6 Å². The standard InChI is InChI=1S/C24H23F2N3O3/c25-17-8-9-20(26)21(14-17)28-24(31)23(30)27-15-22(29-10-12-32-13-11-29)19-7-3-5-16-4-1-2-6-18(16)19/h1-9,14,22H,10-13,15H2,(H,27,30)(H,28,31)/t22-/m0/s1. The minimum absolute atomic E-state index is 0.173. The van der Waals surface area contributed by atoms with Crippen molar-refractivity contribution in [3.63, 3.8) is 0 Å². The first-order valence-corrected chi connectivity index (χ1v) is 10.4. The van der Waals surface area contributed by atoms with Gasteiger partial charge < -0.3 is 15.4 Å². The van der Waals surface area contributed by atoms with Crippen LogP contribution >= 0.6 is 0 Å². The van der Waals surface area contributed by atoms with Gasteiger partial charge in [0.05, 0.1) is 24.9 Å². The highest BCUT2D eigenvalue weighted by molar-refractivity contribution is 6.39. The lowest BCUT2D eigenvalue weighted by Crippen LogP contribution is -2.45. The lowest BCUT2D eigenvalue weighted by molar-refractivity contribution is -0.136. The Morgan fingerprint density at radius 1 is 0.969 bits per heavy atom. The molecule has 0 radical (unpaired) electrons. The van der Waals surface area contributed by atoms with Gasteiger partial charge in [-0.05, 0) is 28.5 Å². The molecule has 166 valence electrons. The maximum absolute atomic E-state index is 13.8. The Kier molecular flexibility index (Phi) is 6.72. The number of benzene rings is 3. The minimum Gasteiger partial charge on any atom is -0.379 e. The Morgan fingerprint density at radius 2 is 1.72 bits per heavy atom. The predicted molar refractivity (Wildman–Crippen MR) is 117 cm³/mol. The van der Waals surface area contributed by atoms with Crippen molar-refractivity contribution in [3.05, 3.63) is 77.9 Å². The molecule has 1 aliphatic rings. The average Bonchev–Trinajstić information content (AvgIpc) is 2.82. The van der Waals surface area contributed by atoms with E-state index in [1.54, 1.807) is 0 Å². The summed E-state index contributed by atoms with van der Waals surface area (Å²) in [5.41, 5.74) is 0.644. The second kappa shape index (κ2) is 9.84. The molecule has 3 aromatic rings. The molecule has 1 atom stereocenters. The van der Waals surface area contributed by atoms with Gasteiger partial charge in [-0.2, -0.15) is 0 Å². The van der Waals surface area contributed by atoms with Crippen LogP contribution in [0.3, 0.4) is 0 Å². The normalized spacial score (nSPS) is 15.3. The summed E-state index contributed by atoms with van der Waals surface area (Å²) in [6.45, 7) is 2.70. The number of nitrogens with zero attached hydrogens (tertiary/aromatic N) is 1. The average molecular weight is 439 g/mol. The molecule has 32 heavy (non-hydrogen) atoms. The van der Waals surface area contributed by atoms with Crippen LogP contribution in [-0.4, -0.2) is 49.6 Å². The third-order valence-corrected chi connectivity index (χ3v) is 5.51. The van der Waals surface area contributed by atoms with Crippen molar-refractivity contribution >= 4 is 28.3 Å². The van der Waals surface area contributed by atoms with Gasteiger partial charge in [-0.25, -0.2) is 8.78 Å². The number of fused-ring (bicyclic) bond motifs is 1. The molecule has 0 aliphatic carbocycles. The molecule has 3 aromatic carbocycles. The summed E-state index contributed by atoms with van der Waals surface area (Å²) in [7, 11) is 0. The van der Waals surface area contributed by atoms with Gasteiger partial charge in [0.2, 0.25) is 0 Å². The molecular weight excluding hydrogens is 416 g/mol. The highest BCUT2D eigenvalue weighted by Crippen LogP contribution is 2.28. The zero-order valence-corrected chi connectivity index (χ0v) is 17.3. The van der Waals surface area contributed by atoms with Gasteiger partial charge in [0, 0.05) is 25.7 Å². The number of ether oxygens (including phenoxy) is 1. The lowest BCUT2D eigenvalue weighted by Gasteiger charge is -2.35. The Hall–Kier alpha value is -3.36. The van der Waals surface area contributed by atoms with Gasteiger partial charge in [-0.1, -0.05) is 42.5 Å². The monoisotopic (exact) mass is 439 g/mol. The van der Waals surface area contributed by atoms with Gasteiger partial charge >= 0.3 is 11.8 Å². The Bertz CT molecular complexity index is 1130. The van der Waals surface area contributed by atoms with Crippen LogP contribution in [0.25, 0.3) is 10.8 Å². The zero-order chi connectivity index (χ0) is 22.5. The van der Waals surface area contributed by atoms with Crippen molar-refractivity contribution in [3.8, 4) is 0 Å². The fraction of sp³-hybridized carbons (Fsp3) is 0.250. The molecule has 2 amide bonds. The number of rotatable bonds is 5. The highest BCUT2D eigenvalue weighted by atomic mass is 19.1. The van der Waals surface area contributed by atoms with Gasteiger partial charge in [0.25, 0.3) is 0 Å². The smallest absolute Gasteiger partial charge is 0.313 e. The minimum atomic E-state index is -1.06. The molecule has 1 saturated heterocycles. The summed E-state index contributed by atoms with van der Waals surface area (Å²) < 4.78 is 32.6. The van der Waals surface area contributed by atoms with Crippen molar-refractivity contribution in [2.75, 3.05) is 38.2 Å². The van der Waals surface area contributed by atoms with Gasteiger partial charge in [0.15, 0.2) is 0 Å². The molecule has 0 saturated carbocycles. The van der Waals surface area contributed by atoms with Crippen molar-refractivity contribution in [1.29, 1.82) is 0 Å². The van der Waals surface area contributed by atoms with Gasteiger partial charge in [0.1, 0.15) is 11.6 Å². The van der Waals surface area contributed by atoms with E-state index in [-0.39, 0.29) is 18.3 Å². The Labute approximate surface area is 184 Å². The summed E-state index contributed by atoms with van der Waals surface area (Å²) in [5.74, 6) is -3.53. The van der Waals surface area contributed by atoms with Crippen molar-refractivity contribution in [2.45, 2.75) is 6.04 Å². The quantitative estimate of drug-likeness (QED) is 0.599. The Balaban J connectivity index is 1.52. The fourth-order valence-corrected chi connectivity index (χ4v) is 3.91. The predicted octanol–water partition coefficient (Wildman–Crippen LogP) is 3.25. The number of hydrogen-bond donors (Lipinski definition) is 2. The van der Waals surface area contributed by atoms with E-state index in [4.69, 9.17) is 4.74 Å². The van der Waals surface area contributed by atoms with E-state index in [2.05, 4.69) is 15.5 Å². The maximum atomic E-state index is 13.8. The molecule has 1 heterocycles. The van der Waals surface area contributed by atoms with Gasteiger partial charge in [-0.15, -0.1) is 0 Å². The first-order valence-electron chi connectivity index (χ1n) is 10.4. The lowest BCUT2D eigenvalue weighted by atomic mass is 9.97. The van der Waals surface area contributed by atoms with Crippen LogP contribution < -0.4 is 10.6 Å². The summed E-state index contributed by atoms with van der Waals surface area (Å²) >= 11 is 0. The SMILES string of the molecule is O=C(NC[C@@H](c1cccc2ccccc12)N1CCOCC1)C(=O)Nc1cc(F)ccc1F. The van der Waals surface area contributed by atoms with E-state index in [0.29, 0.717) is 26.3 Å². The molecular formula is C24H23F2N3O3. The van der Waals surface area contributed by atoms with Crippen molar-refractivity contribution < 1.29 is 23.1 Å². The van der Waals surface area contributed by atoms with Crippen LogP contribution in [0.2, 0.25) is 0 Å². The van der Waals surface area contributed by atoms with Crippen LogP contribution in [0.4, 0.5) is 14.5 Å². The number of anilines is 1. The molecule has 8 heteroatoms. The molecule has 4 rings (SSSR count). The molecule has 0 spiro atoms. The van der Waals surface area contributed by atoms with E-state index in [1.807, 2.05) is 42.5 Å². The third-order valence-electron chi connectivity index (χ3n) is 5.51. The van der Waals surface area contributed by atoms with Crippen molar-refractivity contribution in [2.24, 2.45) is 0 Å². The van der Waals surface area contributed by atoms with E-state index < -0.39 is 23.4 Å². The summed E-state index contributed by atoms with van der Waals surface area (Å²) in [4.78, 5) is 26.9. The topological polar surface area (TPSA) is 70.7 Å². The molecule has 0 bridgehead atoms. The molecule has 1 fully saturated rings. The molecule has 0 unspecified atom stereocenters. The number of carbonyl (C=O) groups is 2. The van der Waals surface area contributed by atoms with E-state index >= 15 is 0 Å². The van der Waals surface area contributed by atoms with Gasteiger partial charge in [-0.3, -0.25) is 14.5 Å². The number of carbonyl (C=O) groups excluding carboxylic acids is 2. The molecule has 6 nitrogen and oxygen atoms in total. The summed E-state index contributed by atoms with van der Waals surface area (Å²) in [5, 5.41) is 6.91. The number of hydrogen-bond acceptors (Lipinski definition) is 4. The zero-order valence-electron chi connectivity index (χ0n) is 17.3. The van der Waals surface area contributed by atoms with E-state index in [0.717, 1.165) is 34.5 Å². The number of halogens is 2. The first-order chi connectivity index (χ1) is 15.5. The molecule has 1 aliphatic heterocycles. The Morgan fingerprint density at radius 3 is 2.53 bits per heavy atom. The maximum Gasteiger partial charge on any atom is 0.313 e. The summed E-state index contributed by atoms with van der Waals surface area (Å²) in [6, 6.07) is 16.4. The van der Waals surface area contributed by atoms with E-state index in [9.17, 15) is 18.4 Å². The third kappa shape index (κ3) is 4.92.